The Bertz CT molecular complexity index is 955. The van der Waals surface area contributed by atoms with E-state index in [1.165, 1.54) is 0 Å². The molecular weight excluding hydrogens is 272 g/mol. The van der Waals surface area contributed by atoms with Crippen LogP contribution in [0.1, 0.15) is 0 Å². The summed E-state index contributed by atoms with van der Waals surface area (Å²) in [6.07, 6.45) is 0. The highest BCUT2D eigenvalue weighted by molar-refractivity contribution is 6.13. The number of hydrogen-bond acceptors (Lipinski definition) is 3. The molecule has 4 rings (SSSR count). The molecule has 4 aromatic rings. The van der Waals surface area contributed by atoms with Gasteiger partial charge in [-0.1, -0.05) is 53.7 Å². The van der Waals surface area contributed by atoms with E-state index in [4.69, 9.17) is 4.52 Å². The van der Waals surface area contributed by atoms with E-state index in [0.29, 0.717) is 0 Å². The second-order valence-corrected chi connectivity index (χ2v) is 5.61. The minimum Gasteiger partial charge on any atom is -0.377 e. The Hall–Kier alpha value is -2.81. The third-order valence-electron chi connectivity index (χ3n) is 3.99. The highest BCUT2D eigenvalue weighted by Gasteiger charge is 2.15. The van der Waals surface area contributed by atoms with Crippen molar-refractivity contribution in [2.45, 2.75) is 0 Å². The van der Waals surface area contributed by atoms with Crippen molar-refractivity contribution in [3.8, 4) is 11.3 Å². The average Bonchev–Trinajstić information content (AvgIpc) is 2.99. The molecule has 0 unspecified atom stereocenters. The number of aromatic nitrogens is 1. The van der Waals surface area contributed by atoms with Gasteiger partial charge in [0.1, 0.15) is 5.69 Å². The second-order valence-electron chi connectivity index (χ2n) is 5.61. The van der Waals surface area contributed by atoms with Crippen molar-refractivity contribution < 1.29 is 4.52 Å². The van der Waals surface area contributed by atoms with Crippen LogP contribution in [0.15, 0.2) is 65.2 Å². The van der Waals surface area contributed by atoms with Gasteiger partial charge in [-0.25, -0.2) is 0 Å². The summed E-state index contributed by atoms with van der Waals surface area (Å²) in [7, 11) is 4.09. The van der Waals surface area contributed by atoms with Gasteiger partial charge in [-0.05, 0) is 17.5 Å². The van der Waals surface area contributed by atoms with Crippen LogP contribution in [-0.4, -0.2) is 19.3 Å². The Morgan fingerprint density at radius 2 is 1.68 bits per heavy atom. The van der Waals surface area contributed by atoms with Crippen LogP contribution in [0.4, 0.5) is 5.69 Å². The maximum Gasteiger partial charge on any atom is 0.177 e. The standard InChI is InChI=1S/C19H16N2O/c1-21(2)16-10-6-9-13-11-12-15-18(14-7-4-3-5-8-14)20-22-19(15)17(13)16/h3-12H,1-2H3. The number of fused-ring (bicyclic) bond motifs is 3. The van der Waals surface area contributed by atoms with E-state index in [-0.39, 0.29) is 0 Å². The first-order chi connectivity index (χ1) is 10.8. The van der Waals surface area contributed by atoms with Crippen LogP contribution in [0, 0.1) is 0 Å². The summed E-state index contributed by atoms with van der Waals surface area (Å²) in [5, 5.41) is 7.64. The smallest absolute Gasteiger partial charge is 0.177 e. The quantitative estimate of drug-likeness (QED) is 0.534. The largest absolute Gasteiger partial charge is 0.377 e. The minimum atomic E-state index is 0.848. The van der Waals surface area contributed by atoms with Gasteiger partial charge in [0.25, 0.3) is 0 Å². The van der Waals surface area contributed by atoms with Crippen molar-refractivity contribution in [2.75, 3.05) is 19.0 Å². The monoisotopic (exact) mass is 288 g/mol. The van der Waals surface area contributed by atoms with E-state index >= 15 is 0 Å². The molecule has 0 atom stereocenters. The maximum atomic E-state index is 5.73. The maximum absolute atomic E-state index is 5.73. The van der Waals surface area contributed by atoms with Crippen LogP contribution in [0.3, 0.4) is 0 Å². The topological polar surface area (TPSA) is 29.3 Å². The molecule has 0 saturated heterocycles. The summed E-state index contributed by atoms with van der Waals surface area (Å²) in [5.74, 6) is 0. The average molecular weight is 288 g/mol. The second kappa shape index (κ2) is 4.88. The fourth-order valence-corrected chi connectivity index (χ4v) is 2.93. The van der Waals surface area contributed by atoms with Gasteiger partial charge in [0.05, 0.1) is 10.8 Å². The zero-order chi connectivity index (χ0) is 15.1. The van der Waals surface area contributed by atoms with Gasteiger partial charge in [0.15, 0.2) is 5.58 Å². The summed E-state index contributed by atoms with van der Waals surface area (Å²) < 4.78 is 5.73. The van der Waals surface area contributed by atoms with Crippen LogP contribution >= 0.6 is 0 Å². The van der Waals surface area contributed by atoms with Crippen molar-refractivity contribution in [2.24, 2.45) is 0 Å². The van der Waals surface area contributed by atoms with Crippen LogP contribution in [0.25, 0.3) is 33.0 Å². The third-order valence-corrected chi connectivity index (χ3v) is 3.99. The normalized spacial score (nSPS) is 11.2. The van der Waals surface area contributed by atoms with Crippen molar-refractivity contribution >= 4 is 27.4 Å². The van der Waals surface area contributed by atoms with E-state index in [1.54, 1.807) is 0 Å². The third kappa shape index (κ3) is 1.86. The zero-order valence-corrected chi connectivity index (χ0v) is 12.6. The first kappa shape index (κ1) is 12.9. The predicted octanol–water partition coefficient (Wildman–Crippen LogP) is 4.71. The van der Waals surface area contributed by atoms with Crippen molar-refractivity contribution in [1.82, 2.24) is 5.16 Å². The van der Waals surface area contributed by atoms with E-state index in [1.807, 2.05) is 32.3 Å². The van der Waals surface area contributed by atoms with Crippen molar-refractivity contribution in [3.63, 3.8) is 0 Å². The van der Waals surface area contributed by atoms with Gasteiger partial charge >= 0.3 is 0 Å². The molecule has 0 fully saturated rings. The molecular formula is C19H16N2O. The lowest BCUT2D eigenvalue weighted by Crippen LogP contribution is -2.08. The van der Waals surface area contributed by atoms with E-state index < -0.39 is 0 Å². The van der Waals surface area contributed by atoms with Crippen LogP contribution in [-0.2, 0) is 0 Å². The molecule has 3 nitrogen and oxygen atoms in total. The highest BCUT2D eigenvalue weighted by atomic mass is 16.5. The van der Waals surface area contributed by atoms with Crippen molar-refractivity contribution in [1.29, 1.82) is 0 Å². The van der Waals surface area contributed by atoms with Crippen LogP contribution < -0.4 is 4.90 Å². The van der Waals surface area contributed by atoms with Gasteiger partial charge < -0.3 is 9.42 Å². The molecule has 0 aliphatic rings. The Morgan fingerprint density at radius 3 is 2.45 bits per heavy atom. The number of anilines is 1. The highest BCUT2D eigenvalue weighted by Crippen LogP contribution is 2.36. The fraction of sp³-hybridized carbons (Fsp3) is 0.105. The first-order valence-electron chi connectivity index (χ1n) is 7.29. The summed E-state index contributed by atoms with van der Waals surface area (Å²) in [4.78, 5) is 2.10. The minimum absolute atomic E-state index is 0.848. The van der Waals surface area contributed by atoms with E-state index in [2.05, 4.69) is 52.5 Å². The summed E-state index contributed by atoms with van der Waals surface area (Å²) in [6, 6.07) is 20.6. The number of benzene rings is 3. The lowest BCUT2D eigenvalue weighted by atomic mass is 10.0. The van der Waals surface area contributed by atoms with Gasteiger partial charge in [-0.3, -0.25) is 0 Å². The Balaban J connectivity index is 2.08. The zero-order valence-electron chi connectivity index (χ0n) is 12.6. The number of nitrogens with zero attached hydrogens (tertiary/aromatic N) is 2. The number of hydrogen-bond donors (Lipinski definition) is 0. The molecule has 0 saturated carbocycles. The Morgan fingerprint density at radius 1 is 0.864 bits per heavy atom. The molecule has 108 valence electrons. The van der Waals surface area contributed by atoms with Gasteiger partial charge in [-0.2, -0.15) is 0 Å². The molecule has 0 spiro atoms. The molecule has 1 aromatic heterocycles. The molecule has 0 N–H and O–H groups in total. The molecule has 3 heteroatoms. The Kier molecular flexibility index (Phi) is 2.86. The van der Waals surface area contributed by atoms with Crippen molar-refractivity contribution in [3.05, 3.63) is 60.7 Å². The first-order valence-corrected chi connectivity index (χ1v) is 7.29. The molecule has 3 aromatic carbocycles. The van der Waals surface area contributed by atoms with E-state index in [9.17, 15) is 0 Å². The summed E-state index contributed by atoms with van der Waals surface area (Å²) in [5.41, 5.74) is 3.95. The van der Waals surface area contributed by atoms with Gasteiger partial charge in [0.2, 0.25) is 0 Å². The summed E-state index contributed by atoms with van der Waals surface area (Å²) in [6.45, 7) is 0. The Labute approximate surface area is 128 Å². The lowest BCUT2D eigenvalue weighted by Gasteiger charge is -2.15. The molecule has 22 heavy (non-hydrogen) atoms. The van der Waals surface area contributed by atoms with Gasteiger partial charge in [-0.15, -0.1) is 0 Å². The lowest BCUT2D eigenvalue weighted by molar-refractivity contribution is 0.461. The summed E-state index contributed by atoms with van der Waals surface area (Å²) >= 11 is 0. The fourth-order valence-electron chi connectivity index (χ4n) is 2.93. The molecule has 0 aliphatic carbocycles. The number of rotatable bonds is 2. The van der Waals surface area contributed by atoms with Gasteiger partial charge in [0, 0.05) is 25.3 Å². The predicted molar refractivity (Wildman–Crippen MR) is 91.3 cm³/mol. The molecule has 0 amide bonds. The molecule has 1 heterocycles. The van der Waals surface area contributed by atoms with E-state index in [0.717, 1.165) is 38.7 Å². The molecule has 0 radical (unpaired) electrons. The van der Waals surface area contributed by atoms with Crippen LogP contribution in [0.5, 0.6) is 0 Å². The molecule has 0 aliphatic heterocycles. The molecule has 0 bridgehead atoms. The van der Waals surface area contributed by atoms with Crippen LogP contribution in [0.2, 0.25) is 0 Å². The SMILES string of the molecule is CN(C)c1cccc2ccc3c(-c4ccccc4)noc3c12.